The molecule has 0 atom stereocenters. The number of hydrogen-bond acceptors (Lipinski definition) is 4. The van der Waals surface area contributed by atoms with Crippen LogP contribution in [0.25, 0.3) is 0 Å². The Morgan fingerprint density at radius 3 is 2.80 bits per heavy atom. The number of hydrogen-bond donors (Lipinski definition) is 2. The Hall–Kier alpha value is -1.82. The van der Waals surface area contributed by atoms with E-state index in [1.165, 1.54) is 0 Å². The molecule has 1 rings (SSSR count). The van der Waals surface area contributed by atoms with Gasteiger partial charge in [0.15, 0.2) is 16.6 Å². The standard InChI is InChI=1S/C14H21N3O2S/c1-4-5-9-15-14(20)17-16-10-11-7-6-8-12(18-2)13(11)19-3/h6-8,10H,4-5,9H2,1-3H3,(H2,15,17,20). The molecule has 110 valence electrons. The second-order valence-electron chi connectivity index (χ2n) is 4.06. The van der Waals surface area contributed by atoms with Crippen molar-refractivity contribution in [3.05, 3.63) is 23.8 Å². The lowest BCUT2D eigenvalue weighted by Gasteiger charge is -2.09. The molecule has 2 N–H and O–H groups in total. The maximum absolute atomic E-state index is 5.31. The van der Waals surface area contributed by atoms with E-state index in [0.29, 0.717) is 16.6 Å². The van der Waals surface area contributed by atoms with Gasteiger partial charge in [-0.15, -0.1) is 0 Å². The van der Waals surface area contributed by atoms with Gasteiger partial charge in [0.25, 0.3) is 0 Å². The van der Waals surface area contributed by atoms with Gasteiger partial charge in [0.2, 0.25) is 0 Å². The smallest absolute Gasteiger partial charge is 0.186 e. The van der Waals surface area contributed by atoms with Crippen LogP contribution in [0, 0.1) is 0 Å². The third kappa shape index (κ3) is 5.05. The Kier molecular flexibility index (Phi) is 7.42. The fourth-order valence-corrected chi connectivity index (χ4v) is 1.75. The Morgan fingerprint density at radius 1 is 1.35 bits per heavy atom. The normalized spacial score (nSPS) is 10.3. The van der Waals surface area contributed by atoms with Crippen molar-refractivity contribution in [1.82, 2.24) is 10.7 Å². The van der Waals surface area contributed by atoms with Crippen LogP contribution in [0.3, 0.4) is 0 Å². The number of thiocarbonyl (C=S) groups is 1. The number of methoxy groups -OCH3 is 2. The van der Waals surface area contributed by atoms with Gasteiger partial charge < -0.3 is 14.8 Å². The van der Waals surface area contributed by atoms with Crippen molar-refractivity contribution < 1.29 is 9.47 Å². The predicted octanol–water partition coefficient (Wildman–Crippen LogP) is 2.30. The van der Waals surface area contributed by atoms with E-state index >= 15 is 0 Å². The minimum atomic E-state index is 0.511. The molecule has 0 aliphatic heterocycles. The number of hydrazone groups is 1. The molecule has 6 heteroatoms. The number of para-hydroxylation sites is 1. The number of benzene rings is 1. The van der Waals surface area contributed by atoms with Gasteiger partial charge in [-0.05, 0) is 30.8 Å². The first-order valence-corrected chi connectivity index (χ1v) is 6.91. The Morgan fingerprint density at radius 2 is 2.15 bits per heavy atom. The van der Waals surface area contributed by atoms with E-state index in [4.69, 9.17) is 21.7 Å². The summed E-state index contributed by atoms with van der Waals surface area (Å²) in [6.45, 7) is 2.98. The van der Waals surface area contributed by atoms with Crippen LogP contribution in [0.1, 0.15) is 25.3 Å². The minimum Gasteiger partial charge on any atom is -0.493 e. The number of nitrogens with one attached hydrogen (secondary N) is 2. The summed E-state index contributed by atoms with van der Waals surface area (Å²) < 4.78 is 10.5. The third-order valence-electron chi connectivity index (χ3n) is 2.62. The first kappa shape index (κ1) is 16.2. The van der Waals surface area contributed by atoms with Crippen molar-refractivity contribution in [1.29, 1.82) is 0 Å². The zero-order valence-electron chi connectivity index (χ0n) is 12.1. The molecular weight excluding hydrogens is 274 g/mol. The van der Waals surface area contributed by atoms with Gasteiger partial charge >= 0.3 is 0 Å². The molecule has 0 bridgehead atoms. The molecule has 5 nitrogen and oxygen atoms in total. The molecule has 0 radical (unpaired) electrons. The highest BCUT2D eigenvalue weighted by Gasteiger charge is 2.07. The first-order chi connectivity index (χ1) is 9.72. The van der Waals surface area contributed by atoms with Gasteiger partial charge in [-0.3, -0.25) is 5.43 Å². The summed E-state index contributed by atoms with van der Waals surface area (Å²) in [5.41, 5.74) is 3.59. The number of unbranched alkanes of at least 4 members (excludes halogenated alkanes) is 1. The number of ether oxygens (including phenoxy) is 2. The Labute approximate surface area is 125 Å². The van der Waals surface area contributed by atoms with Crippen molar-refractivity contribution >= 4 is 23.5 Å². The molecule has 0 unspecified atom stereocenters. The van der Waals surface area contributed by atoms with Crippen LogP contribution in [-0.2, 0) is 0 Å². The number of nitrogens with zero attached hydrogens (tertiary/aromatic N) is 1. The molecular formula is C14H21N3O2S. The molecule has 0 fully saturated rings. The van der Waals surface area contributed by atoms with Crippen molar-refractivity contribution in [3.63, 3.8) is 0 Å². The van der Waals surface area contributed by atoms with Crippen LogP contribution in [0.15, 0.2) is 23.3 Å². The summed E-state index contributed by atoms with van der Waals surface area (Å²) in [7, 11) is 3.20. The SMILES string of the molecule is CCCCNC(=S)NN=Cc1cccc(OC)c1OC. The predicted molar refractivity (Wildman–Crippen MR) is 85.8 cm³/mol. The van der Waals surface area contributed by atoms with E-state index in [0.717, 1.165) is 24.9 Å². The quantitative estimate of drug-likeness (QED) is 0.350. The molecule has 1 aromatic carbocycles. The second-order valence-corrected chi connectivity index (χ2v) is 4.47. The van der Waals surface area contributed by atoms with E-state index in [1.54, 1.807) is 20.4 Å². The molecule has 0 aromatic heterocycles. The average Bonchev–Trinajstić information content (AvgIpc) is 2.47. The fourth-order valence-electron chi connectivity index (χ4n) is 1.59. The van der Waals surface area contributed by atoms with E-state index < -0.39 is 0 Å². The van der Waals surface area contributed by atoms with Crippen LogP contribution in [0.5, 0.6) is 11.5 Å². The minimum absolute atomic E-state index is 0.511. The summed E-state index contributed by atoms with van der Waals surface area (Å²) in [5, 5.41) is 7.67. The van der Waals surface area contributed by atoms with Crippen molar-refractivity contribution in [2.75, 3.05) is 20.8 Å². The van der Waals surface area contributed by atoms with Crippen molar-refractivity contribution in [2.45, 2.75) is 19.8 Å². The van der Waals surface area contributed by atoms with Gasteiger partial charge in [-0.25, -0.2) is 0 Å². The highest BCUT2D eigenvalue weighted by atomic mass is 32.1. The summed E-state index contributed by atoms with van der Waals surface area (Å²) in [4.78, 5) is 0. The van der Waals surface area contributed by atoms with Crippen LogP contribution >= 0.6 is 12.2 Å². The molecule has 20 heavy (non-hydrogen) atoms. The summed E-state index contributed by atoms with van der Waals surface area (Å²) in [6.07, 6.45) is 3.85. The van der Waals surface area contributed by atoms with E-state index in [2.05, 4.69) is 22.8 Å². The zero-order valence-corrected chi connectivity index (χ0v) is 12.9. The van der Waals surface area contributed by atoms with E-state index in [9.17, 15) is 0 Å². The lowest BCUT2D eigenvalue weighted by molar-refractivity contribution is 0.354. The van der Waals surface area contributed by atoms with Gasteiger partial charge in [-0.2, -0.15) is 5.10 Å². The Balaban J connectivity index is 2.60. The van der Waals surface area contributed by atoms with E-state index in [1.807, 2.05) is 18.2 Å². The highest BCUT2D eigenvalue weighted by Crippen LogP contribution is 2.29. The maximum Gasteiger partial charge on any atom is 0.186 e. The molecule has 0 aliphatic carbocycles. The highest BCUT2D eigenvalue weighted by molar-refractivity contribution is 7.80. The molecule has 1 aromatic rings. The first-order valence-electron chi connectivity index (χ1n) is 6.50. The van der Waals surface area contributed by atoms with Crippen LogP contribution in [0.2, 0.25) is 0 Å². The van der Waals surface area contributed by atoms with Crippen molar-refractivity contribution in [2.24, 2.45) is 5.10 Å². The zero-order chi connectivity index (χ0) is 14.8. The monoisotopic (exact) mass is 295 g/mol. The van der Waals surface area contributed by atoms with Gasteiger partial charge in [-0.1, -0.05) is 19.4 Å². The van der Waals surface area contributed by atoms with Crippen molar-refractivity contribution in [3.8, 4) is 11.5 Å². The summed E-state index contributed by atoms with van der Waals surface area (Å²) in [6, 6.07) is 5.60. The average molecular weight is 295 g/mol. The molecule has 0 amide bonds. The van der Waals surface area contributed by atoms with E-state index in [-0.39, 0.29) is 0 Å². The molecule has 0 spiro atoms. The van der Waals surface area contributed by atoms with Crippen LogP contribution in [0.4, 0.5) is 0 Å². The number of rotatable bonds is 7. The lowest BCUT2D eigenvalue weighted by atomic mass is 10.2. The molecule has 0 heterocycles. The fraction of sp³-hybridized carbons (Fsp3) is 0.429. The van der Waals surface area contributed by atoms with Crippen LogP contribution < -0.4 is 20.2 Å². The summed E-state index contributed by atoms with van der Waals surface area (Å²) in [5.74, 6) is 1.31. The molecule has 0 saturated carbocycles. The largest absolute Gasteiger partial charge is 0.493 e. The summed E-state index contributed by atoms with van der Waals surface area (Å²) >= 11 is 5.10. The topological polar surface area (TPSA) is 54.9 Å². The third-order valence-corrected chi connectivity index (χ3v) is 2.85. The molecule has 0 saturated heterocycles. The molecule has 0 aliphatic rings. The second kappa shape index (κ2) is 9.14. The lowest BCUT2D eigenvalue weighted by Crippen LogP contribution is -2.32. The van der Waals surface area contributed by atoms with Crippen LogP contribution in [-0.4, -0.2) is 32.1 Å². The van der Waals surface area contributed by atoms with Gasteiger partial charge in [0.1, 0.15) is 0 Å². The van der Waals surface area contributed by atoms with Gasteiger partial charge in [0, 0.05) is 12.1 Å². The maximum atomic E-state index is 5.31. The Bertz CT molecular complexity index is 464. The van der Waals surface area contributed by atoms with Gasteiger partial charge in [0.05, 0.1) is 20.4 Å².